The number of benzene rings is 1. The SMILES string of the molecule is CCC(C(=O)NC1CCCCC1)N(Cc1cccc(OC)c1)C(=O)CCN1C(=O)[C@H]2CC=CC[C@H]2C1=O. The molecule has 3 atom stereocenters. The van der Waals surface area contributed by atoms with E-state index in [0.717, 1.165) is 31.2 Å². The van der Waals surface area contributed by atoms with Crippen molar-refractivity contribution in [1.82, 2.24) is 15.1 Å². The average Bonchev–Trinajstić information content (AvgIpc) is 3.17. The largest absolute Gasteiger partial charge is 0.497 e. The first-order valence-electron chi connectivity index (χ1n) is 13.7. The summed E-state index contributed by atoms with van der Waals surface area (Å²) in [5.41, 5.74) is 0.849. The van der Waals surface area contributed by atoms with Crippen molar-refractivity contribution in [3.8, 4) is 5.75 Å². The van der Waals surface area contributed by atoms with Crippen LogP contribution in [-0.4, -0.2) is 59.2 Å². The smallest absolute Gasteiger partial charge is 0.243 e. The highest BCUT2D eigenvalue weighted by Gasteiger charge is 2.47. The number of hydrogen-bond donors (Lipinski definition) is 1. The van der Waals surface area contributed by atoms with Crippen molar-refractivity contribution in [2.45, 2.75) is 83.3 Å². The van der Waals surface area contributed by atoms with Crippen LogP contribution < -0.4 is 10.1 Å². The fourth-order valence-electron chi connectivity index (χ4n) is 5.87. The van der Waals surface area contributed by atoms with Gasteiger partial charge in [0, 0.05) is 25.6 Å². The van der Waals surface area contributed by atoms with Crippen LogP contribution >= 0.6 is 0 Å². The van der Waals surface area contributed by atoms with Crippen molar-refractivity contribution in [2.75, 3.05) is 13.7 Å². The van der Waals surface area contributed by atoms with Crippen molar-refractivity contribution in [3.63, 3.8) is 0 Å². The van der Waals surface area contributed by atoms with Gasteiger partial charge in [-0.05, 0) is 49.8 Å². The van der Waals surface area contributed by atoms with Crippen LogP contribution in [0.25, 0.3) is 0 Å². The lowest BCUT2D eigenvalue weighted by Crippen LogP contribution is -2.52. The van der Waals surface area contributed by atoms with Crippen LogP contribution in [0.1, 0.15) is 70.3 Å². The van der Waals surface area contributed by atoms with Gasteiger partial charge >= 0.3 is 0 Å². The number of hydrogen-bond acceptors (Lipinski definition) is 5. The van der Waals surface area contributed by atoms with E-state index < -0.39 is 6.04 Å². The predicted octanol–water partition coefficient (Wildman–Crippen LogP) is 3.59. The van der Waals surface area contributed by atoms with Gasteiger partial charge in [-0.1, -0.05) is 50.5 Å². The molecule has 1 unspecified atom stereocenters. The molecule has 200 valence electrons. The molecule has 1 saturated carbocycles. The van der Waals surface area contributed by atoms with Crippen molar-refractivity contribution in [1.29, 1.82) is 0 Å². The Balaban J connectivity index is 1.49. The molecule has 8 heteroatoms. The second-order valence-corrected chi connectivity index (χ2v) is 10.4. The van der Waals surface area contributed by atoms with Gasteiger partial charge < -0.3 is 15.0 Å². The van der Waals surface area contributed by atoms with Gasteiger partial charge in [0.15, 0.2) is 0 Å². The van der Waals surface area contributed by atoms with E-state index in [1.807, 2.05) is 43.3 Å². The molecule has 0 bridgehead atoms. The fourth-order valence-corrected chi connectivity index (χ4v) is 5.87. The lowest BCUT2D eigenvalue weighted by atomic mass is 9.85. The lowest BCUT2D eigenvalue weighted by Gasteiger charge is -2.33. The van der Waals surface area contributed by atoms with Crippen LogP contribution in [0.5, 0.6) is 5.75 Å². The number of fused-ring (bicyclic) bond motifs is 1. The summed E-state index contributed by atoms with van der Waals surface area (Å²) in [6.07, 6.45) is 10.8. The lowest BCUT2D eigenvalue weighted by molar-refractivity contribution is -0.144. The minimum absolute atomic E-state index is 0.0124. The van der Waals surface area contributed by atoms with Gasteiger partial charge in [0.05, 0.1) is 18.9 Å². The number of carbonyl (C=O) groups is 4. The summed E-state index contributed by atoms with van der Waals surface area (Å²) in [7, 11) is 1.59. The molecule has 1 aliphatic heterocycles. The molecule has 4 amide bonds. The third-order valence-corrected chi connectivity index (χ3v) is 7.97. The van der Waals surface area contributed by atoms with E-state index in [-0.39, 0.29) is 61.0 Å². The molecule has 0 aromatic heterocycles. The van der Waals surface area contributed by atoms with Crippen LogP contribution in [0.3, 0.4) is 0 Å². The molecule has 3 aliphatic rings. The molecule has 0 spiro atoms. The standard InChI is InChI=1S/C29H39N3O5/c1-3-25(27(34)30-21-11-5-4-6-12-21)32(19-20-10-9-13-22(18-20)37-2)26(33)16-17-31-28(35)23-14-7-8-15-24(23)29(31)36/h7-10,13,18,21,23-25H,3-6,11-12,14-17,19H2,1-2H3,(H,30,34)/t23-,24+,25?. The highest BCUT2D eigenvalue weighted by Crippen LogP contribution is 2.35. The van der Waals surface area contributed by atoms with Gasteiger partial charge in [0.2, 0.25) is 23.6 Å². The van der Waals surface area contributed by atoms with Crippen molar-refractivity contribution in [2.24, 2.45) is 11.8 Å². The van der Waals surface area contributed by atoms with Crippen molar-refractivity contribution >= 4 is 23.6 Å². The second kappa shape index (κ2) is 12.4. The fraction of sp³-hybridized carbons (Fsp3) is 0.586. The number of nitrogens with zero attached hydrogens (tertiary/aromatic N) is 2. The maximum absolute atomic E-state index is 13.6. The molecular formula is C29H39N3O5. The number of rotatable bonds is 10. The molecule has 1 aromatic rings. The zero-order chi connectivity index (χ0) is 26.4. The number of methoxy groups -OCH3 is 1. The number of nitrogens with one attached hydrogen (secondary N) is 1. The number of imide groups is 1. The van der Waals surface area contributed by atoms with E-state index in [1.165, 1.54) is 11.3 Å². The van der Waals surface area contributed by atoms with Crippen LogP contribution in [-0.2, 0) is 25.7 Å². The van der Waals surface area contributed by atoms with Crippen molar-refractivity contribution in [3.05, 3.63) is 42.0 Å². The van der Waals surface area contributed by atoms with Crippen LogP contribution in [0.15, 0.2) is 36.4 Å². The third-order valence-electron chi connectivity index (χ3n) is 7.97. The first-order valence-corrected chi connectivity index (χ1v) is 13.7. The molecule has 1 saturated heterocycles. The zero-order valence-electron chi connectivity index (χ0n) is 22.0. The van der Waals surface area contributed by atoms with Gasteiger partial charge in [-0.2, -0.15) is 0 Å². The van der Waals surface area contributed by atoms with Gasteiger partial charge in [-0.25, -0.2) is 0 Å². The highest BCUT2D eigenvalue weighted by atomic mass is 16.5. The van der Waals surface area contributed by atoms with Crippen LogP contribution in [0, 0.1) is 11.8 Å². The monoisotopic (exact) mass is 509 g/mol. The van der Waals surface area contributed by atoms with E-state index in [0.29, 0.717) is 25.0 Å². The topological polar surface area (TPSA) is 96.0 Å². The highest BCUT2D eigenvalue weighted by molar-refractivity contribution is 6.05. The summed E-state index contributed by atoms with van der Waals surface area (Å²) in [6.45, 7) is 2.19. The van der Waals surface area contributed by atoms with E-state index in [1.54, 1.807) is 12.0 Å². The number of ether oxygens (including phenoxy) is 1. The first kappa shape index (κ1) is 26.9. The Labute approximate surface area is 219 Å². The number of amides is 4. The number of allylic oxidation sites excluding steroid dienone is 2. The summed E-state index contributed by atoms with van der Waals surface area (Å²) < 4.78 is 5.35. The number of likely N-dealkylation sites (tertiary alicyclic amines) is 1. The summed E-state index contributed by atoms with van der Waals surface area (Å²) in [5, 5.41) is 3.18. The average molecular weight is 510 g/mol. The summed E-state index contributed by atoms with van der Waals surface area (Å²) in [4.78, 5) is 55.6. The molecule has 37 heavy (non-hydrogen) atoms. The minimum atomic E-state index is -0.641. The maximum atomic E-state index is 13.6. The van der Waals surface area contributed by atoms with Gasteiger partial charge in [-0.3, -0.25) is 24.1 Å². The summed E-state index contributed by atoms with van der Waals surface area (Å²) >= 11 is 0. The molecule has 1 aromatic carbocycles. The molecule has 0 radical (unpaired) electrons. The Hall–Kier alpha value is -3.16. The normalized spacial score (nSPS) is 22.5. The second-order valence-electron chi connectivity index (χ2n) is 10.4. The molecule has 4 rings (SSSR count). The quantitative estimate of drug-likeness (QED) is 0.384. The summed E-state index contributed by atoms with van der Waals surface area (Å²) in [6, 6.07) is 6.95. The zero-order valence-corrected chi connectivity index (χ0v) is 22.0. The predicted molar refractivity (Wildman–Crippen MR) is 139 cm³/mol. The molecule has 1 N–H and O–H groups in total. The first-order chi connectivity index (χ1) is 17.9. The van der Waals surface area contributed by atoms with E-state index >= 15 is 0 Å². The minimum Gasteiger partial charge on any atom is -0.497 e. The van der Waals surface area contributed by atoms with Crippen LogP contribution in [0.4, 0.5) is 0 Å². The van der Waals surface area contributed by atoms with E-state index in [2.05, 4.69) is 5.32 Å². The Morgan fingerprint density at radius 1 is 1.08 bits per heavy atom. The summed E-state index contributed by atoms with van der Waals surface area (Å²) in [5.74, 6) is -0.718. The molecule has 1 heterocycles. The van der Waals surface area contributed by atoms with Crippen LogP contribution in [0.2, 0.25) is 0 Å². The Kier molecular flexibility index (Phi) is 9.00. The third kappa shape index (κ3) is 6.22. The van der Waals surface area contributed by atoms with Gasteiger partial charge in [-0.15, -0.1) is 0 Å². The van der Waals surface area contributed by atoms with E-state index in [9.17, 15) is 19.2 Å². The van der Waals surface area contributed by atoms with E-state index in [4.69, 9.17) is 4.74 Å². The van der Waals surface area contributed by atoms with Crippen molar-refractivity contribution < 1.29 is 23.9 Å². The Morgan fingerprint density at radius 2 is 1.76 bits per heavy atom. The van der Waals surface area contributed by atoms with Gasteiger partial charge in [0.25, 0.3) is 0 Å². The maximum Gasteiger partial charge on any atom is 0.243 e. The molecule has 2 fully saturated rings. The number of carbonyl (C=O) groups excluding carboxylic acids is 4. The molecule has 8 nitrogen and oxygen atoms in total. The molecular weight excluding hydrogens is 470 g/mol. The molecule has 2 aliphatic carbocycles. The Bertz CT molecular complexity index is 1010. The van der Waals surface area contributed by atoms with Gasteiger partial charge in [0.1, 0.15) is 11.8 Å². The Morgan fingerprint density at radius 3 is 2.38 bits per heavy atom.